The van der Waals surface area contributed by atoms with Crippen LogP contribution in [0.3, 0.4) is 0 Å². The molecule has 8 nitrogen and oxygen atoms in total. The van der Waals surface area contributed by atoms with Crippen LogP contribution in [0.1, 0.15) is 87.7 Å². The number of hydrogen-bond acceptors (Lipinski definition) is 6. The molecule has 1 aromatic carbocycles. The Labute approximate surface area is 266 Å². The molecular formula is C34H39F2N5O3S. The van der Waals surface area contributed by atoms with Crippen LogP contribution in [0.5, 0.6) is 0 Å². The Morgan fingerprint density at radius 2 is 1.80 bits per heavy atom. The average Bonchev–Trinajstić information content (AvgIpc) is 3.69. The number of rotatable bonds is 7. The number of halogens is 2. The maximum atomic E-state index is 14.5. The third-order valence-corrected chi connectivity index (χ3v) is 10.8. The predicted molar refractivity (Wildman–Crippen MR) is 168 cm³/mol. The molecule has 11 heteroatoms. The van der Waals surface area contributed by atoms with E-state index in [0.717, 1.165) is 39.3 Å². The van der Waals surface area contributed by atoms with Crippen LogP contribution < -0.4 is 0 Å². The van der Waals surface area contributed by atoms with Gasteiger partial charge < -0.3 is 14.2 Å². The fourth-order valence-corrected chi connectivity index (χ4v) is 8.29. The molecule has 0 unspecified atom stereocenters. The first-order valence-electron chi connectivity index (χ1n) is 15.6. The van der Waals surface area contributed by atoms with Gasteiger partial charge in [-0.1, -0.05) is 5.21 Å². The van der Waals surface area contributed by atoms with Crippen molar-refractivity contribution in [1.82, 2.24) is 24.5 Å². The number of hydrogen-bond donors (Lipinski definition) is 0. The molecule has 0 saturated carbocycles. The Bertz CT molecular complexity index is 1750. The minimum Gasteiger partial charge on any atom is -0.466 e. The first-order valence-corrected chi connectivity index (χ1v) is 16.4. The van der Waals surface area contributed by atoms with E-state index in [1.807, 2.05) is 32.6 Å². The van der Waals surface area contributed by atoms with Crippen LogP contribution in [-0.4, -0.2) is 56.0 Å². The van der Waals surface area contributed by atoms with Gasteiger partial charge in [0.2, 0.25) is 0 Å². The second kappa shape index (κ2) is 12.2. The lowest BCUT2D eigenvalue weighted by molar-refractivity contribution is -0.158. The lowest BCUT2D eigenvalue weighted by atomic mass is 9.74. The summed E-state index contributed by atoms with van der Waals surface area (Å²) in [6, 6.07) is 6.10. The quantitative estimate of drug-likeness (QED) is 0.214. The topological polar surface area (TPSA) is 82.2 Å². The molecule has 4 aromatic rings. The molecule has 1 aliphatic carbocycles. The van der Waals surface area contributed by atoms with Gasteiger partial charge >= 0.3 is 5.97 Å². The van der Waals surface area contributed by atoms with E-state index in [2.05, 4.69) is 27.0 Å². The smallest absolute Gasteiger partial charge is 0.312 e. The summed E-state index contributed by atoms with van der Waals surface area (Å²) in [5, 5.41) is 9.67. The Morgan fingerprint density at radius 3 is 2.49 bits per heavy atom. The van der Waals surface area contributed by atoms with Crippen LogP contribution >= 0.6 is 11.3 Å². The monoisotopic (exact) mass is 635 g/mol. The first-order chi connectivity index (χ1) is 21.5. The molecule has 1 aliphatic heterocycles. The van der Waals surface area contributed by atoms with Gasteiger partial charge in [0, 0.05) is 48.0 Å². The molecule has 1 atom stereocenters. The number of carbonyl (C=O) groups excluding carboxylic acids is 2. The number of ether oxygens (including phenoxy) is 1. The highest BCUT2D eigenvalue weighted by Crippen LogP contribution is 2.40. The molecule has 0 spiro atoms. The summed E-state index contributed by atoms with van der Waals surface area (Å²) in [5.41, 5.74) is 4.69. The second-order valence-electron chi connectivity index (χ2n) is 12.4. The minimum absolute atomic E-state index is 0.0295. The molecular weight excluding hydrogens is 596 g/mol. The number of esters is 1. The van der Waals surface area contributed by atoms with Gasteiger partial charge in [0.15, 0.2) is 0 Å². The molecule has 0 N–H and O–H groups in total. The van der Waals surface area contributed by atoms with Gasteiger partial charge in [-0.2, -0.15) is 0 Å². The summed E-state index contributed by atoms with van der Waals surface area (Å²) in [7, 11) is 0. The molecule has 1 amide bonds. The Morgan fingerprint density at radius 1 is 1.09 bits per heavy atom. The van der Waals surface area contributed by atoms with Gasteiger partial charge in [0.05, 0.1) is 29.3 Å². The zero-order chi connectivity index (χ0) is 32.0. The number of aryl methyl sites for hydroxylation is 3. The molecule has 0 radical (unpaired) electrons. The van der Waals surface area contributed by atoms with E-state index >= 15 is 0 Å². The zero-order valence-electron chi connectivity index (χ0n) is 26.5. The molecule has 6 rings (SSSR count). The van der Waals surface area contributed by atoms with E-state index in [-0.39, 0.29) is 24.5 Å². The highest BCUT2D eigenvalue weighted by Gasteiger charge is 2.45. The van der Waals surface area contributed by atoms with Crippen LogP contribution in [0.4, 0.5) is 8.78 Å². The molecule has 238 valence electrons. The van der Waals surface area contributed by atoms with E-state index in [1.165, 1.54) is 6.07 Å². The molecule has 2 aliphatic rings. The molecule has 1 fully saturated rings. The molecule has 1 saturated heterocycles. The van der Waals surface area contributed by atoms with Crippen molar-refractivity contribution in [3.63, 3.8) is 0 Å². The Hall–Kier alpha value is -3.86. The van der Waals surface area contributed by atoms with Crippen LogP contribution in [0, 0.1) is 44.7 Å². The van der Waals surface area contributed by atoms with Crippen LogP contribution in [0.15, 0.2) is 30.5 Å². The fourth-order valence-electron chi connectivity index (χ4n) is 7.02. The summed E-state index contributed by atoms with van der Waals surface area (Å²) in [6.45, 7) is 11.0. The number of carbonyl (C=O) groups is 2. The van der Waals surface area contributed by atoms with Crippen molar-refractivity contribution in [3.8, 4) is 5.00 Å². The van der Waals surface area contributed by atoms with E-state index in [0.29, 0.717) is 67.6 Å². The van der Waals surface area contributed by atoms with Crippen LogP contribution in [0.25, 0.3) is 5.00 Å². The number of benzene rings is 1. The highest BCUT2D eigenvalue weighted by molar-refractivity contribution is 7.15. The Kier molecular flexibility index (Phi) is 8.41. The lowest BCUT2D eigenvalue weighted by Crippen LogP contribution is -2.48. The minimum atomic E-state index is -0.869. The average molecular weight is 636 g/mol. The summed E-state index contributed by atoms with van der Waals surface area (Å²) in [4.78, 5) is 30.5. The van der Waals surface area contributed by atoms with Crippen molar-refractivity contribution < 1.29 is 23.1 Å². The SMILES string of the molecule is CCOC(=O)C1(Cc2cn([C@@H]3CCCc4c(F)cc(F)cc43)nn2)CCN(C(=O)c2c(-n3c(C)ccc3C)sc(C)c2C)CC1. The van der Waals surface area contributed by atoms with Gasteiger partial charge in [0.1, 0.15) is 16.6 Å². The fraction of sp³-hybridized carbons (Fsp3) is 0.471. The third-order valence-electron chi connectivity index (χ3n) is 9.63. The first kappa shape index (κ1) is 31.1. The number of thiophene rings is 1. The van der Waals surface area contributed by atoms with Crippen molar-refractivity contribution in [2.24, 2.45) is 5.41 Å². The molecule has 45 heavy (non-hydrogen) atoms. The number of nitrogens with zero attached hydrogens (tertiary/aromatic N) is 5. The largest absolute Gasteiger partial charge is 0.466 e. The number of fused-ring (bicyclic) bond motifs is 1. The van der Waals surface area contributed by atoms with Crippen molar-refractivity contribution in [2.45, 2.75) is 79.2 Å². The van der Waals surface area contributed by atoms with Gasteiger partial charge in [-0.05, 0) is 102 Å². The van der Waals surface area contributed by atoms with Crippen LogP contribution in [0.2, 0.25) is 0 Å². The van der Waals surface area contributed by atoms with Crippen LogP contribution in [-0.2, 0) is 22.4 Å². The van der Waals surface area contributed by atoms with Gasteiger partial charge in [-0.3, -0.25) is 9.59 Å². The maximum absolute atomic E-state index is 14.5. The van der Waals surface area contributed by atoms with Gasteiger partial charge in [0.25, 0.3) is 5.91 Å². The van der Waals surface area contributed by atoms with Gasteiger partial charge in [-0.15, -0.1) is 16.4 Å². The summed E-state index contributed by atoms with van der Waals surface area (Å²) >= 11 is 1.63. The standard InChI is InChI=1S/C34H39F2N5O3S/c1-6-44-33(43)34(18-25-19-40(38-37-25)29-9-7-8-26-27(29)16-24(35)17-28(26)36)12-14-39(15-13-34)31(42)30-22(4)23(5)45-32(30)41-20(2)10-11-21(41)3/h10-11,16-17,19,29H,6-9,12-15,18H2,1-5H3/t29-/m1/s1. The van der Waals surface area contributed by atoms with E-state index in [4.69, 9.17) is 4.74 Å². The summed E-state index contributed by atoms with van der Waals surface area (Å²) < 4.78 is 38.1. The number of piperidine rings is 1. The number of likely N-dealkylation sites (tertiary alicyclic amines) is 1. The highest BCUT2D eigenvalue weighted by atomic mass is 32.1. The van der Waals surface area contributed by atoms with E-state index in [9.17, 15) is 18.4 Å². The number of aromatic nitrogens is 4. The van der Waals surface area contributed by atoms with E-state index in [1.54, 1.807) is 29.1 Å². The molecule has 0 bridgehead atoms. The third kappa shape index (κ3) is 5.60. The van der Waals surface area contributed by atoms with Crippen molar-refractivity contribution in [1.29, 1.82) is 0 Å². The van der Waals surface area contributed by atoms with Crippen molar-refractivity contribution in [2.75, 3.05) is 19.7 Å². The van der Waals surface area contributed by atoms with Crippen molar-refractivity contribution >= 4 is 23.2 Å². The normalized spacial score (nSPS) is 17.8. The summed E-state index contributed by atoms with van der Waals surface area (Å²) in [5.74, 6) is -1.48. The Balaban J connectivity index is 1.24. The predicted octanol–water partition coefficient (Wildman–Crippen LogP) is 6.60. The molecule has 4 heterocycles. The van der Waals surface area contributed by atoms with Gasteiger partial charge in [-0.25, -0.2) is 13.5 Å². The van der Waals surface area contributed by atoms with E-state index < -0.39 is 17.0 Å². The summed E-state index contributed by atoms with van der Waals surface area (Å²) in [6.07, 6.45) is 4.92. The second-order valence-corrected chi connectivity index (χ2v) is 13.6. The number of amides is 1. The molecule has 3 aromatic heterocycles. The maximum Gasteiger partial charge on any atom is 0.312 e. The van der Waals surface area contributed by atoms with Crippen molar-refractivity contribution in [3.05, 3.63) is 86.3 Å². The lowest BCUT2D eigenvalue weighted by Gasteiger charge is -2.39. The zero-order valence-corrected chi connectivity index (χ0v) is 27.3.